The molecule has 5 rings (SSSR count). The number of benzene rings is 2. The Bertz CT molecular complexity index is 1480. The Morgan fingerprint density at radius 3 is 1.97 bits per heavy atom. The maximum atomic E-state index is 12.4. The van der Waals surface area contributed by atoms with Gasteiger partial charge in [-0.3, -0.25) is 4.79 Å². The fraction of sp³-hybridized carbons (Fsp3) is 0.393. The minimum Gasteiger partial charge on any atom is -0.383 e. The minimum atomic E-state index is -0.918. The van der Waals surface area contributed by atoms with E-state index in [1.807, 2.05) is 64.1 Å². The Hall–Kier alpha value is -2.78. The van der Waals surface area contributed by atoms with E-state index in [9.17, 15) is 9.90 Å². The van der Waals surface area contributed by atoms with Crippen LogP contribution in [0.15, 0.2) is 36.4 Å². The maximum Gasteiger partial charge on any atom is 0.251 e. The third-order valence-electron chi connectivity index (χ3n) is 6.45. The van der Waals surface area contributed by atoms with Crippen molar-refractivity contribution in [3.05, 3.63) is 63.2 Å². The second-order valence-electron chi connectivity index (χ2n) is 10.1. The fourth-order valence-corrected chi connectivity index (χ4v) is 5.14. The van der Waals surface area contributed by atoms with Crippen LogP contribution < -0.4 is 4.90 Å². The van der Waals surface area contributed by atoms with E-state index >= 15 is 0 Å². The molecule has 4 aromatic rings. The van der Waals surface area contributed by atoms with E-state index in [0.29, 0.717) is 37.8 Å². The molecule has 2 aromatic heterocycles. The molecule has 1 aliphatic heterocycles. The van der Waals surface area contributed by atoms with E-state index in [4.69, 9.17) is 34.8 Å². The lowest BCUT2D eigenvalue weighted by Crippen LogP contribution is -2.52. The maximum absolute atomic E-state index is 12.4. The Kier molecular flexibility index (Phi) is 9.43. The van der Waals surface area contributed by atoms with Crippen LogP contribution in [0.2, 0.25) is 15.7 Å². The molecular formula is C28H31Cl3N6O2. The molecule has 1 amide bonds. The number of amides is 1. The number of aromatic nitrogens is 4. The largest absolute Gasteiger partial charge is 0.383 e. The van der Waals surface area contributed by atoms with Gasteiger partial charge in [0, 0.05) is 37.0 Å². The number of piperazine rings is 1. The highest BCUT2D eigenvalue weighted by Crippen LogP contribution is 2.27. The number of fused-ring (bicyclic) bond motifs is 2. The van der Waals surface area contributed by atoms with E-state index in [1.54, 1.807) is 4.90 Å². The van der Waals surface area contributed by atoms with E-state index in [-0.39, 0.29) is 22.4 Å². The Morgan fingerprint density at radius 2 is 1.38 bits per heavy atom. The fourth-order valence-electron chi connectivity index (χ4n) is 4.51. The zero-order valence-corrected chi connectivity index (χ0v) is 24.6. The summed E-state index contributed by atoms with van der Waals surface area (Å²) in [6, 6.07) is 11.8. The molecule has 1 N–H and O–H groups in total. The van der Waals surface area contributed by atoms with E-state index in [1.165, 1.54) is 0 Å². The van der Waals surface area contributed by atoms with Crippen molar-refractivity contribution in [1.82, 2.24) is 24.8 Å². The predicted molar refractivity (Wildman–Crippen MR) is 158 cm³/mol. The minimum absolute atomic E-state index is 0.181. The Balaban J connectivity index is 0.000000226. The zero-order chi connectivity index (χ0) is 28.3. The van der Waals surface area contributed by atoms with Crippen molar-refractivity contribution in [2.45, 2.75) is 40.2 Å². The summed E-state index contributed by atoms with van der Waals surface area (Å²) in [5, 5.41) is 12.7. The second kappa shape index (κ2) is 12.6. The van der Waals surface area contributed by atoms with Gasteiger partial charge in [-0.05, 0) is 84.8 Å². The third-order valence-corrected chi connectivity index (χ3v) is 7.08. The Labute approximate surface area is 242 Å². The lowest BCUT2D eigenvalue weighted by molar-refractivity contribution is -0.141. The molecule has 39 heavy (non-hydrogen) atoms. The first-order valence-corrected chi connectivity index (χ1v) is 13.9. The summed E-state index contributed by atoms with van der Waals surface area (Å²) in [6.07, 6.45) is -0.427. The smallest absolute Gasteiger partial charge is 0.251 e. The number of aliphatic hydroxyl groups is 1. The number of aliphatic hydroxyl groups excluding tert-OH is 1. The van der Waals surface area contributed by atoms with Gasteiger partial charge in [-0.25, -0.2) is 15.0 Å². The van der Waals surface area contributed by atoms with Crippen molar-refractivity contribution in [3.8, 4) is 0 Å². The lowest BCUT2D eigenvalue weighted by Gasteiger charge is -2.36. The van der Waals surface area contributed by atoms with Gasteiger partial charge in [-0.15, -0.1) is 0 Å². The second-order valence-corrected chi connectivity index (χ2v) is 11.1. The van der Waals surface area contributed by atoms with Crippen LogP contribution in [-0.4, -0.2) is 68.1 Å². The van der Waals surface area contributed by atoms with Gasteiger partial charge in [-0.2, -0.15) is 4.98 Å². The van der Waals surface area contributed by atoms with Gasteiger partial charge in [0.1, 0.15) is 17.1 Å². The molecule has 0 aliphatic carbocycles. The predicted octanol–water partition coefficient (Wildman–Crippen LogP) is 5.89. The molecule has 1 fully saturated rings. The zero-order valence-electron chi connectivity index (χ0n) is 22.3. The number of anilines is 1. The highest BCUT2D eigenvalue weighted by molar-refractivity contribution is 6.35. The molecule has 8 nitrogen and oxygen atoms in total. The number of nitrogens with zero attached hydrogens (tertiary/aromatic N) is 6. The number of carbonyl (C=O) groups is 1. The SMILES string of the molecule is Cc1ccc2c(Cl)nc(Cl)nc2c1.Cc1ccc2c(N3CCN(C(=O)[C@H](O)CC(C)C)CC3)nc(Cl)nc2c1. The van der Waals surface area contributed by atoms with Crippen LogP contribution in [0.4, 0.5) is 5.82 Å². The molecule has 11 heteroatoms. The molecule has 3 heterocycles. The van der Waals surface area contributed by atoms with Gasteiger partial charge in [0.05, 0.1) is 11.0 Å². The summed E-state index contributed by atoms with van der Waals surface area (Å²) in [5.74, 6) is 0.905. The number of rotatable bonds is 4. The highest BCUT2D eigenvalue weighted by Gasteiger charge is 2.27. The van der Waals surface area contributed by atoms with E-state index < -0.39 is 6.10 Å². The molecule has 0 saturated carbocycles. The molecule has 1 saturated heterocycles. The average molecular weight is 590 g/mol. The summed E-state index contributed by atoms with van der Waals surface area (Å²) in [6.45, 7) is 10.4. The van der Waals surface area contributed by atoms with E-state index in [0.717, 1.165) is 38.8 Å². The van der Waals surface area contributed by atoms with Crippen LogP contribution >= 0.6 is 34.8 Å². The summed E-state index contributed by atoms with van der Waals surface area (Å²) < 4.78 is 0. The molecule has 0 bridgehead atoms. The van der Waals surface area contributed by atoms with Crippen molar-refractivity contribution in [2.75, 3.05) is 31.1 Å². The monoisotopic (exact) mass is 588 g/mol. The molecule has 1 aliphatic rings. The Morgan fingerprint density at radius 1 is 0.846 bits per heavy atom. The summed E-state index contributed by atoms with van der Waals surface area (Å²) >= 11 is 17.7. The van der Waals surface area contributed by atoms with Gasteiger partial charge in [0.15, 0.2) is 0 Å². The summed E-state index contributed by atoms with van der Waals surface area (Å²) in [7, 11) is 0. The number of hydrogen-bond donors (Lipinski definition) is 1. The third kappa shape index (κ3) is 7.25. The van der Waals surface area contributed by atoms with Gasteiger partial charge < -0.3 is 14.9 Å². The van der Waals surface area contributed by atoms with Gasteiger partial charge >= 0.3 is 0 Å². The standard InChI is InChI=1S/C19H25ClN4O2.C9H6Cl2N2/c1-12(2)10-16(25)18(26)24-8-6-23(7-9-24)17-14-5-4-13(3)11-15(14)21-19(20)22-17;1-5-2-3-6-7(4-5)12-9(11)13-8(6)10/h4-5,11-12,16,25H,6-10H2,1-3H3;2-4H,1H3/t16-;/m1./s1. The van der Waals surface area contributed by atoms with Crippen molar-refractivity contribution in [2.24, 2.45) is 5.92 Å². The number of hydrogen-bond acceptors (Lipinski definition) is 7. The summed E-state index contributed by atoms with van der Waals surface area (Å²) in [5.41, 5.74) is 3.85. The highest BCUT2D eigenvalue weighted by atomic mass is 35.5. The normalized spacial score (nSPS) is 14.5. The number of aryl methyl sites for hydroxylation is 2. The first-order valence-electron chi connectivity index (χ1n) is 12.8. The number of carbonyl (C=O) groups excluding carboxylic acids is 1. The molecule has 0 spiro atoms. The van der Waals surface area contributed by atoms with Crippen molar-refractivity contribution in [1.29, 1.82) is 0 Å². The van der Waals surface area contributed by atoms with Crippen LogP contribution in [0.25, 0.3) is 21.8 Å². The van der Waals surface area contributed by atoms with Gasteiger partial charge in [0.25, 0.3) is 5.91 Å². The van der Waals surface area contributed by atoms with Crippen LogP contribution in [0.3, 0.4) is 0 Å². The lowest BCUT2D eigenvalue weighted by atomic mass is 10.0. The van der Waals surface area contributed by atoms with Crippen LogP contribution in [0.5, 0.6) is 0 Å². The van der Waals surface area contributed by atoms with Crippen LogP contribution in [0, 0.1) is 19.8 Å². The molecule has 0 unspecified atom stereocenters. The molecule has 1 atom stereocenters. The van der Waals surface area contributed by atoms with Gasteiger partial charge in [-0.1, -0.05) is 37.6 Å². The molecule has 0 radical (unpaired) electrons. The molecular weight excluding hydrogens is 559 g/mol. The van der Waals surface area contributed by atoms with Crippen molar-refractivity contribution in [3.63, 3.8) is 0 Å². The van der Waals surface area contributed by atoms with Crippen molar-refractivity contribution >= 4 is 68.3 Å². The first-order chi connectivity index (χ1) is 18.5. The molecule has 2 aromatic carbocycles. The quantitative estimate of drug-likeness (QED) is 0.234. The van der Waals surface area contributed by atoms with Crippen LogP contribution in [0.1, 0.15) is 31.4 Å². The van der Waals surface area contributed by atoms with Crippen molar-refractivity contribution < 1.29 is 9.90 Å². The molecule has 206 valence electrons. The number of halogens is 3. The summed E-state index contributed by atoms with van der Waals surface area (Å²) in [4.78, 5) is 32.9. The first kappa shape index (κ1) is 29.2. The topological polar surface area (TPSA) is 95.3 Å². The van der Waals surface area contributed by atoms with Gasteiger partial charge in [0.2, 0.25) is 10.6 Å². The van der Waals surface area contributed by atoms with Crippen LogP contribution in [-0.2, 0) is 4.79 Å². The van der Waals surface area contributed by atoms with E-state index in [2.05, 4.69) is 24.8 Å². The average Bonchev–Trinajstić information content (AvgIpc) is 2.87.